The Kier molecular flexibility index (Phi) is 4.90. The highest BCUT2D eigenvalue weighted by Gasteiger charge is 2.43. The molecule has 4 rings (SSSR count). The van der Waals surface area contributed by atoms with E-state index in [1.165, 1.54) is 13.1 Å². The molecule has 1 aliphatic carbocycles. The van der Waals surface area contributed by atoms with Crippen LogP contribution >= 0.6 is 11.6 Å². The summed E-state index contributed by atoms with van der Waals surface area (Å²) in [6, 6.07) is 0.287. The maximum atomic E-state index is 15.7. The van der Waals surface area contributed by atoms with E-state index in [2.05, 4.69) is 18.7 Å². The maximum absolute atomic E-state index is 15.7. The third kappa shape index (κ3) is 3.10. The van der Waals surface area contributed by atoms with Gasteiger partial charge in [-0.25, -0.2) is 9.18 Å². The highest BCUT2D eigenvalue weighted by molar-refractivity contribution is 6.38. The second-order valence-electron chi connectivity index (χ2n) is 9.49. The fraction of sp³-hybridized carbons (Fsp3) is 0.545. The number of nitrogens with zero attached hydrogens (tertiary/aromatic N) is 3. The number of carboxylic acid groups (broad SMARTS) is 1. The normalized spacial score (nSPS) is 21.1. The van der Waals surface area contributed by atoms with Gasteiger partial charge in [0.2, 0.25) is 5.43 Å². The van der Waals surface area contributed by atoms with Gasteiger partial charge >= 0.3 is 5.97 Å². The van der Waals surface area contributed by atoms with E-state index in [1.807, 2.05) is 19.0 Å². The second kappa shape index (κ2) is 6.95. The lowest BCUT2D eigenvalue weighted by atomic mass is 9.87. The van der Waals surface area contributed by atoms with Gasteiger partial charge in [0.25, 0.3) is 0 Å². The fourth-order valence-corrected chi connectivity index (χ4v) is 5.32. The maximum Gasteiger partial charge on any atom is 0.341 e. The number of likely N-dealkylation sites (N-methyl/N-ethyl adjacent to an activating group) is 1. The second-order valence-corrected chi connectivity index (χ2v) is 9.87. The Bertz CT molecular complexity index is 1120. The molecule has 1 aliphatic heterocycles. The molecular formula is C22H27ClFN3O3. The highest BCUT2D eigenvalue weighted by atomic mass is 35.5. The predicted molar refractivity (Wildman–Crippen MR) is 117 cm³/mol. The van der Waals surface area contributed by atoms with E-state index >= 15 is 4.39 Å². The van der Waals surface area contributed by atoms with E-state index in [1.54, 1.807) is 4.57 Å². The average Bonchev–Trinajstić information content (AvgIpc) is 3.43. The quantitative estimate of drug-likeness (QED) is 0.788. The number of aryl methyl sites for hydroxylation is 1. The Hall–Kier alpha value is -2.12. The summed E-state index contributed by atoms with van der Waals surface area (Å²) < 4.78 is 17.4. The standard InChI is InChI=1S/C22H27ClFN3O3/c1-11-15-18(27(12-6-7-12)8-13(20(15)28)21(29)30)16(23)19(17(11)24)26-9-14(25(4)5)22(2,3)10-26/h8,12,14H,6-7,9-10H2,1-5H3,(H,29,30). The van der Waals surface area contributed by atoms with Crippen LogP contribution in [0.4, 0.5) is 10.1 Å². The monoisotopic (exact) mass is 435 g/mol. The summed E-state index contributed by atoms with van der Waals surface area (Å²) in [6.45, 7) is 7.07. The van der Waals surface area contributed by atoms with Crippen molar-refractivity contribution in [2.24, 2.45) is 5.41 Å². The lowest BCUT2D eigenvalue weighted by molar-refractivity contribution is 0.0695. The Balaban J connectivity index is 2.01. The fourth-order valence-electron chi connectivity index (χ4n) is 4.92. The van der Waals surface area contributed by atoms with E-state index in [9.17, 15) is 14.7 Å². The molecule has 2 fully saturated rings. The molecule has 8 heteroatoms. The van der Waals surface area contributed by atoms with Gasteiger partial charge in [-0.05, 0) is 39.3 Å². The summed E-state index contributed by atoms with van der Waals surface area (Å²) in [5.74, 6) is -1.86. The first kappa shape index (κ1) is 21.1. The number of carboxylic acids is 1. The predicted octanol–water partition coefficient (Wildman–Crippen LogP) is 3.91. The first-order valence-corrected chi connectivity index (χ1v) is 10.5. The minimum Gasteiger partial charge on any atom is -0.477 e. The molecule has 1 N–H and O–H groups in total. The third-order valence-electron chi connectivity index (χ3n) is 6.57. The average molecular weight is 436 g/mol. The molecule has 0 amide bonds. The number of fused-ring (bicyclic) bond motifs is 1. The largest absolute Gasteiger partial charge is 0.477 e. The molecule has 2 aromatic rings. The zero-order valence-electron chi connectivity index (χ0n) is 17.9. The van der Waals surface area contributed by atoms with E-state index in [0.717, 1.165) is 12.8 Å². The van der Waals surface area contributed by atoms with Gasteiger partial charge in [-0.15, -0.1) is 0 Å². The summed E-state index contributed by atoms with van der Waals surface area (Å²) in [4.78, 5) is 28.7. The van der Waals surface area contributed by atoms with Crippen LogP contribution in [0.25, 0.3) is 10.9 Å². The lowest BCUT2D eigenvalue weighted by Gasteiger charge is -2.30. The number of hydrogen-bond donors (Lipinski definition) is 1. The van der Waals surface area contributed by atoms with Gasteiger partial charge in [0, 0.05) is 36.9 Å². The molecule has 0 spiro atoms. The van der Waals surface area contributed by atoms with Crippen LogP contribution in [0.5, 0.6) is 0 Å². The SMILES string of the molecule is Cc1c(F)c(N2CC(N(C)C)C(C)(C)C2)c(Cl)c2c1c(=O)c(C(=O)O)cn2C1CC1. The molecule has 1 aromatic heterocycles. The van der Waals surface area contributed by atoms with Crippen molar-refractivity contribution in [1.29, 1.82) is 0 Å². The van der Waals surface area contributed by atoms with Gasteiger partial charge in [-0.3, -0.25) is 4.79 Å². The molecule has 1 unspecified atom stereocenters. The van der Waals surface area contributed by atoms with Crippen LogP contribution in [0.2, 0.25) is 5.02 Å². The van der Waals surface area contributed by atoms with Gasteiger partial charge in [0.15, 0.2) is 5.82 Å². The van der Waals surface area contributed by atoms with Gasteiger partial charge in [0.1, 0.15) is 5.56 Å². The van der Waals surface area contributed by atoms with Crippen molar-refractivity contribution in [3.63, 3.8) is 0 Å². The molecule has 1 aromatic carbocycles. The smallest absolute Gasteiger partial charge is 0.341 e. The van der Waals surface area contributed by atoms with E-state index in [-0.39, 0.29) is 39.0 Å². The van der Waals surface area contributed by atoms with Crippen molar-refractivity contribution < 1.29 is 14.3 Å². The summed E-state index contributed by atoms with van der Waals surface area (Å²) in [5, 5.41) is 9.74. The molecule has 1 atom stereocenters. The molecule has 1 saturated carbocycles. The number of anilines is 1. The van der Waals surface area contributed by atoms with E-state index in [4.69, 9.17) is 11.6 Å². The minimum atomic E-state index is -1.31. The van der Waals surface area contributed by atoms with Crippen LogP contribution in [-0.2, 0) is 0 Å². The van der Waals surface area contributed by atoms with E-state index < -0.39 is 17.2 Å². The molecule has 1 saturated heterocycles. The van der Waals surface area contributed by atoms with Gasteiger partial charge in [-0.2, -0.15) is 0 Å². The molecule has 0 radical (unpaired) electrons. The van der Waals surface area contributed by atoms with Crippen molar-refractivity contribution in [3.05, 3.63) is 38.4 Å². The zero-order chi connectivity index (χ0) is 22.1. The lowest BCUT2D eigenvalue weighted by Crippen LogP contribution is -2.39. The van der Waals surface area contributed by atoms with Crippen molar-refractivity contribution in [1.82, 2.24) is 9.47 Å². The Labute approximate surface area is 179 Å². The highest BCUT2D eigenvalue weighted by Crippen LogP contribution is 2.45. The summed E-state index contributed by atoms with van der Waals surface area (Å²) in [6.07, 6.45) is 3.12. The first-order chi connectivity index (χ1) is 14.0. The molecule has 6 nitrogen and oxygen atoms in total. The van der Waals surface area contributed by atoms with Crippen LogP contribution in [0.1, 0.15) is 48.7 Å². The number of pyridine rings is 1. The van der Waals surface area contributed by atoms with Crippen molar-refractivity contribution in [2.75, 3.05) is 32.1 Å². The van der Waals surface area contributed by atoms with Crippen LogP contribution < -0.4 is 10.3 Å². The van der Waals surface area contributed by atoms with Gasteiger partial charge in [-0.1, -0.05) is 25.4 Å². The Morgan fingerprint density at radius 2 is 1.97 bits per heavy atom. The first-order valence-electron chi connectivity index (χ1n) is 10.2. The Morgan fingerprint density at radius 3 is 2.47 bits per heavy atom. The topological polar surface area (TPSA) is 65.8 Å². The number of carbonyl (C=O) groups is 1. The van der Waals surface area contributed by atoms with Crippen LogP contribution in [0, 0.1) is 18.2 Å². The van der Waals surface area contributed by atoms with E-state index in [0.29, 0.717) is 24.3 Å². The number of aromatic carboxylic acids is 1. The molecule has 2 aliphatic rings. The summed E-state index contributed by atoms with van der Waals surface area (Å²) in [7, 11) is 4.02. The van der Waals surface area contributed by atoms with Crippen molar-refractivity contribution in [3.8, 4) is 0 Å². The molecular weight excluding hydrogens is 409 g/mol. The number of aromatic nitrogens is 1. The van der Waals surface area contributed by atoms with Crippen molar-refractivity contribution in [2.45, 2.75) is 45.7 Å². The molecule has 162 valence electrons. The molecule has 0 bridgehead atoms. The molecule has 30 heavy (non-hydrogen) atoms. The number of rotatable bonds is 4. The van der Waals surface area contributed by atoms with Crippen LogP contribution in [-0.4, -0.2) is 53.8 Å². The Morgan fingerprint density at radius 1 is 1.33 bits per heavy atom. The van der Waals surface area contributed by atoms with Crippen molar-refractivity contribution >= 4 is 34.2 Å². The van der Waals surface area contributed by atoms with Gasteiger partial charge in [0.05, 0.1) is 21.6 Å². The van der Waals surface area contributed by atoms with Gasteiger partial charge < -0.3 is 19.5 Å². The zero-order valence-corrected chi connectivity index (χ0v) is 18.7. The minimum absolute atomic E-state index is 0.0654. The third-order valence-corrected chi connectivity index (χ3v) is 6.92. The molecule has 2 heterocycles. The van der Waals surface area contributed by atoms with Crippen LogP contribution in [0.3, 0.4) is 0 Å². The summed E-state index contributed by atoms with van der Waals surface area (Å²) in [5.41, 5.74) is -0.225. The van der Waals surface area contributed by atoms with Crippen LogP contribution in [0.15, 0.2) is 11.0 Å². The number of hydrogen-bond acceptors (Lipinski definition) is 4. The number of halogens is 2. The number of benzene rings is 1. The summed E-state index contributed by atoms with van der Waals surface area (Å²) >= 11 is 6.80.